The second-order valence-electron chi connectivity index (χ2n) is 6.33. The highest BCUT2D eigenvalue weighted by molar-refractivity contribution is 5.95. The van der Waals surface area contributed by atoms with Crippen LogP contribution in [0.25, 0.3) is 0 Å². The molecule has 27 heavy (non-hydrogen) atoms. The van der Waals surface area contributed by atoms with Crippen molar-refractivity contribution in [2.75, 3.05) is 11.9 Å². The van der Waals surface area contributed by atoms with Crippen LogP contribution in [0.5, 0.6) is 5.75 Å². The number of carbonyl (C=O) groups excluding carboxylic acids is 2. The molecule has 1 N–H and O–H groups in total. The van der Waals surface area contributed by atoms with Gasteiger partial charge in [0.2, 0.25) is 0 Å². The monoisotopic (exact) mass is 366 g/mol. The molecule has 6 nitrogen and oxygen atoms in total. The van der Waals surface area contributed by atoms with Gasteiger partial charge in [0.25, 0.3) is 5.91 Å². The minimum absolute atomic E-state index is 0.289. The van der Waals surface area contributed by atoms with Crippen LogP contribution in [0.2, 0.25) is 0 Å². The van der Waals surface area contributed by atoms with Gasteiger partial charge in [-0.25, -0.2) is 4.79 Å². The van der Waals surface area contributed by atoms with Crippen molar-refractivity contribution in [1.82, 2.24) is 0 Å². The minimum Gasteiger partial charge on any atom is -0.482 e. The third-order valence-electron chi connectivity index (χ3n) is 3.84. The first-order valence-electron chi connectivity index (χ1n) is 8.62. The summed E-state index contributed by atoms with van der Waals surface area (Å²) in [6.07, 6.45) is -0.991. The van der Waals surface area contributed by atoms with Crippen LogP contribution in [0.3, 0.4) is 0 Å². The van der Waals surface area contributed by atoms with Crippen molar-refractivity contribution in [3.8, 4) is 11.8 Å². The van der Waals surface area contributed by atoms with Gasteiger partial charge in [-0.05, 0) is 48.7 Å². The zero-order valence-corrected chi connectivity index (χ0v) is 15.6. The molecule has 140 valence electrons. The summed E-state index contributed by atoms with van der Waals surface area (Å²) >= 11 is 0. The molecule has 1 atom stereocenters. The fraction of sp³-hybridized carbons (Fsp3) is 0.286. The summed E-state index contributed by atoms with van der Waals surface area (Å²) in [4.78, 5) is 24.0. The van der Waals surface area contributed by atoms with E-state index in [0.717, 1.165) is 0 Å². The van der Waals surface area contributed by atoms with E-state index in [4.69, 9.17) is 14.7 Å². The van der Waals surface area contributed by atoms with Crippen LogP contribution < -0.4 is 10.1 Å². The van der Waals surface area contributed by atoms with Crippen molar-refractivity contribution in [3.63, 3.8) is 0 Å². The Morgan fingerprint density at radius 3 is 2.44 bits per heavy atom. The topological polar surface area (TPSA) is 88.4 Å². The molecule has 0 bridgehead atoms. The standard InChI is InChI=1S/C21H22N2O4/c1-14(2)17-7-9-19(10-8-17)26-13-20(24)27-15(3)21(25)23-18-6-4-5-16(11-18)12-22/h4-11,14-15H,13H2,1-3H3,(H,23,25)/t15-/m0/s1. The maximum absolute atomic E-state index is 12.1. The molecular formula is C21H22N2O4. The molecule has 2 aromatic carbocycles. The van der Waals surface area contributed by atoms with E-state index in [1.165, 1.54) is 18.6 Å². The Kier molecular flexibility index (Phi) is 6.95. The number of amides is 1. The van der Waals surface area contributed by atoms with Crippen LogP contribution in [0.1, 0.15) is 37.8 Å². The Labute approximate surface area is 158 Å². The van der Waals surface area contributed by atoms with Crippen LogP contribution >= 0.6 is 0 Å². The molecule has 0 aliphatic carbocycles. The number of anilines is 1. The number of nitrogens with zero attached hydrogens (tertiary/aromatic N) is 1. The normalized spacial score (nSPS) is 11.4. The molecule has 0 spiro atoms. The highest BCUT2D eigenvalue weighted by Crippen LogP contribution is 2.18. The highest BCUT2D eigenvalue weighted by Gasteiger charge is 2.18. The smallest absolute Gasteiger partial charge is 0.344 e. The molecule has 0 saturated carbocycles. The first-order valence-corrected chi connectivity index (χ1v) is 8.62. The van der Waals surface area contributed by atoms with Gasteiger partial charge in [-0.15, -0.1) is 0 Å². The number of esters is 1. The summed E-state index contributed by atoms with van der Waals surface area (Å²) in [7, 11) is 0. The number of ether oxygens (including phenoxy) is 2. The molecule has 0 fully saturated rings. The summed E-state index contributed by atoms with van der Waals surface area (Å²) in [6, 6.07) is 15.9. The first-order chi connectivity index (χ1) is 12.9. The number of nitriles is 1. The molecule has 0 unspecified atom stereocenters. The number of hydrogen-bond acceptors (Lipinski definition) is 5. The van der Waals surface area contributed by atoms with Crippen LogP contribution in [-0.2, 0) is 14.3 Å². The van der Waals surface area contributed by atoms with Gasteiger partial charge in [0.15, 0.2) is 12.7 Å². The molecule has 0 aliphatic rings. The van der Waals surface area contributed by atoms with Crippen molar-refractivity contribution >= 4 is 17.6 Å². The zero-order valence-electron chi connectivity index (χ0n) is 15.6. The van der Waals surface area contributed by atoms with Crippen molar-refractivity contribution in [2.24, 2.45) is 0 Å². The van der Waals surface area contributed by atoms with E-state index in [9.17, 15) is 9.59 Å². The summed E-state index contributed by atoms with van der Waals surface area (Å²) < 4.78 is 10.5. The summed E-state index contributed by atoms with van der Waals surface area (Å²) in [5.41, 5.74) is 2.06. The second kappa shape index (κ2) is 9.39. The summed E-state index contributed by atoms with van der Waals surface area (Å²) in [6.45, 7) is 5.37. The van der Waals surface area contributed by atoms with Gasteiger partial charge >= 0.3 is 5.97 Å². The number of hydrogen-bond donors (Lipinski definition) is 1. The average Bonchev–Trinajstić information content (AvgIpc) is 2.66. The van der Waals surface area contributed by atoms with E-state index < -0.39 is 18.0 Å². The van der Waals surface area contributed by atoms with E-state index >= 15 is 0 Å². The lowest BCUT2D eigenvalue weighted by molar-refractivity contribution is -0.155. The second-order valence-corrected chi connectivity index (χ2v) is 6.33. The quantitative estimate of drug-likeness (QED) is 0.756. The van der Waals surface area contributed by atoms with Gasteiger partial charge < -0.3 is 14.8 Å². The summed E-state index contributed by atoms with van der Waals surface area (Å²) in [5, 5.41) is 11.5. The lowest BCUT2D eigenvalue weighted by Gasteiger charge is -2.14. The lowest BCUT2D eigenvalue weighted by atomic mass is 10.0. The maximum Gasteiger partial charge on any atom is 0.344 e. The molecule has 0 saturated heterocycles. The molecule has 2 rings (SSSR count). The van der Waals surface area contributed by atoms with Gasteiger partial charge in [0, 0.05) is 5.69 Å². The highest BCUT2D eigenvalue weighted by atomic mass is 16.6. The van der Waals surface area contributed by atoms with Crippen LogP contribution in [0.15, 0.2) is 48.5 Å². The molecule has 6 heteroatoms. The predicted octanol–water partition coefficient (Wildman–Crippen LogP) is 3.63. The third-order valence-corrected chi connectivity index (χ3v) is 3.84. The van der Waals surface area contributed by atoms with Crippen molar-refractivity contribution in [3.05, 3.63) is 59.7 Å². The van der Waals surface area contributed by atoms with Crippen LogP contribution in [0, 0.1) is 11.3 Å². The van der Waals surface area contributed by atoms with E-state index in [1.54, 1.807) is 30.3 Å². The van der Waals surface area contributed by atoms with E-state index in [1.807, 2.05) is 18.2 Å². The Bertz CT molecular complexity index is 838. The van der Waals surface area contributed by atoms with Gasteiger partial charge in [0.1, 0.15) is 5.75 Å². The summed E-state index contributed by atoms with van der Waals surface area (Å²) in [5.74, 6) is -0.157. The third kappa shape index (κ3) is 6.15. The maximum atomic E-state index is 12.1. The Morgan fingerprint density at radius 1 is 1.11 bits per heavy atom. The van der Waals surface area contributed by atoms with Crippen molar-refractivity contribution < 1.29 is 19.1 Å². The van der Waals surface area contributed by atoms with Crippen molar-refractivity contribution in [2.45, 2.75) is 32.8 Å². The van der Waals surface area contributed by atoms with E-state index in [-0.39, 0.29) is 6.61 Å². The van der Waals surface area contributed by atoms with Gasteiger partial charge in [-0.2, -0.15) is 5.26 Å². The lowest BCUT2D eigenvalue weighted by Crippen LogP contribution is -2.31. The Hall–Kier alpha value is -3.33. The van der Waals surface area contributed by atoms with Gasteiger partial charge in [0.05, 0.1) is 11.6 Å². The Morgan fingerprint density at radius 2 is 1.81 bits per heavy atom. The Balaban J connectivity index is 1.81. The van der Waals surface area contributed by atoms with Crippen LogP contribution in [-0.4, -0.2) is 24.6 Å². The van der Waals surface area contributed by atoms with Gasteiger partial charge in [-0.3, -0.25) is 4.79 Å². The molecule has 0 aromatic heterocycles. The fourth-order valence-corrected chi connectivity index (χ4v) is 2.29. The first kappa shape index (κ1) is 20.0. The molecule has 0 heterocycles. The largest absolute Gasteiger partial charge is 0.482 e. The van der Waals surface area contributed by atoms with E-state index in [2.05, 4.69) is 19.2 Å². The average molecular weight is 366 g/mol. The van der Waals surface area contributed by atoms with Gasteiger partial charge in [-0.1, -0.05) is 32.0 Å². The number of nitrogens with one attached hydrogen (secondary N) is 1. The SMILES string of the molecule is CC(C)c1ccc(OCC(=O)O[C@@H](C)C(=O)Nc2cccc(C#N)c2)cc1. The molecule has 0 radical (unpaired) electrons. The molecule has 2 aromatic rings. The minimum atomic E-state index is -0.991. The predicted molar refractivity (Wildman–Crippen MR) is 101 cm³/mol. The number of carbonyl (C=O) groups is 2. The number of benzene rings is 2. The molecule has 1 amide bonds. The van der Waals surface area contributed by atoms with E-state index in [0.29, 0.717) is 22.9 Å². The number of rotatable bonds is 7. The van der Waals surface area contributed by atoms with Crippen molar-refractivity contribution in [1.29, 1.82) is 5.26 Å². The molecule has 0 aliphatic heterocycles. The fourth-order valence-electron chi connectivity index (χ4n) is 2.29. The van der Waals surface area contributed by atoms with Crippen LogP contribution in [0.4, 0.5) is 5.69 Å². The zero-order chi connectivity index (χ0) is 19.8. The molecular weight excluding hydrogens is 344 g/mol.